The van der Waals surface area contributed by atoms with Crippen LogP contribution in [-0.2, 0) is 4.79 Å². The van der Waals surface area contributed by atoms with Gasteiger partial charge in [-0.25, -0.2) is 4.98 Å². The smallest absolute Gasteiger partial charge is 0.304 e. The number of hydrogen-bond acceptors (Lipinski definition) is 5. The normalized spacial score (nSPS) is 18.9. The average Bonchev–Trinajstić information content (AvgIpc) is 2.51. The number of hydrogen-bond donors (Lipinski definition) is 2. The van der Waals surface area contributed by atoms with Crippen molar-refractivity contribution in [1.29, 1.82) is 0 Å². The van der Waals surface area contributed by atoms with Gasteiger partial charge in [-0.3, -0.25) is 4.79 Å². The van der Waals surface area contributed by atoms with Crippen molar-refractivity contribution in [2.45, 2.75) is 15.5 Å². The first-order valence-electron chi connectivity index (χ1n) is 4.21. The summed E-state index contributed by atoms with van der Waals surface area (Å²) in [6.07, 6.45) is 1.94. The van der Waals surface area contributed by atoms with Crippen molar-refractivity contribution >= 4 is 29.1 Å². The molecule has 2 N–H and O–H groups in total. The monoisotopic (exact) mass is 230 g/mol. The molecule has 0 radical (unpaired) electrons. The fraction of sp³-hybridized carbons (Fsp3) is 0.500. The number of nitrogens with one attached hydrogen (secondary N) is 1. The lowest BCUT2D eigenvalue weighted by Crippen LogP contribution is -2.57. The predicted molar refractivity (Wildman–Crippen MR) is 55.8 cm³/mol. The summed E-state index contributed by atoms with van der Waals surface area (Å²) >= 11 is 3.13. The minimum atomic E-state index is -0.740. The zero-order valence-corrected chi connectivity index (χ0v) is 9.03. The predicted octanol–water partition coefficient (Wildman–Crippen LogP) is 1.05. The van der Waals surface area contributed by atoms with Gasteiger partial charge in [-0.15, -0.1) is 11.3 Å². The Morgan fingerprint density at radius 1 is 1.79 bits per heavy atom. The fourth-order valence-electron chi connectivity index (χ4n) is 1.36. The van der Waals surface area contributed by atoms with Crippen LogP contribution in [0.4, 0.5) is 0 Å². The second kappa shape index (κ2) is 3.88. The number of thiazole rings is 1. The van der Waals surface area contributed by atoms with Gasteiger partial charge in [0.05, 0.1) is 11.2 Å². The van der Waals surface area contributed by atoms with Gasteiger partial charge in [0.1, 0.15) is 4.34 Å². The zero-order chi connectivity index (χ0) is 10.0. The first-order valence-corrected chi connectivity index (χ1v) is 5.91. The molecule has 0 aliphatic carbocycles. The summed E-state index contributed by atoms with van der Waals surface area (Å²) in [5, 5.41) is 13.8. The summed E-state index contributed by atoms with van der Waals surface area (Å²) in [7, 11) is 0. The first-order chi connectivity index (χ1) is 6.70. The van der Waals surface area contributed by atoms with Gasteiger partial charge in [-0.1, -0.05) is 11.8 Å². The topological polar surface area (TPSA) is 62.2 Å². The third-order valence-corrected chi connectivity index (χ3v) is 4.33. The van der Waals surface area contributed by atoms with Crippen molar-refractivity contribution in [1.82, 2.24) is 10.3 Å². The van der Waals surface area contributed by atoms with Crippen molar-refractivity contribution in [2.24, 2.45) is 0 Å². The van der Waals surface area contributed by atoms with Crippen LogP contribution in [-0.4, -0.2) is 33.9 Å². The Labute approximate surface area is 89.7 Å². The molecule has 1 aromatic heterocycles. The van der Waals surface area contributed by atoms with E-state index in [2.05, 4.69) is 10.3 Å². The van der Waals surface area contributed by atoms with Gasteiger partial charge >= 0.3 is 5.97 Å². The van der Waals surface area contributed by atoms with E-state index in [0.29, 0.717) is 0 Å². The van der Waals surface area contributed by atoms with Crippen LogP contribution in [0.1, 0.15) is 6.42 Å². The van der Waals surface area contributed by atoms with E-state index >= 15 is 0 Å². The molecule has 0 amide bonds. The zero-order valence-electron chi connectivity index (χ0n) is 7.40. The van der Waals surface area contributed by atoms with Crippen molar-refractivity contribution in [3.63, 3.8) is 0 Å². The van der Waals surface area contributed by atoms with E-state index in [1.165, 1.54) is 0 Å². The van der Waals surface area contributed by atoms with Gasteiger partial charge in [0.15, 0.2) is 0 Å². The van der Waals surface area contributed by atoms with Gasteiger partial charge in [0, 0.05) is 24.7 Å². The molecular formula is C8H10N2O2S2. The Balaban J connectivity index is 2.02. The minimum Gasteiger partial charge on any atom is -0.481 e. The lowest BCUT2D eigenvalue weighted by Gasteiger charge is -2.40. The number of nitrogens with zero attached hydrogens (tertiary/aromatic N) is 1. The summed E-state index contributed by atoms with van der Waals surface area (Å²) < 4.78 is 0.775. The maximum absolute atomic E-state index is 10.7. The van der Waals surface area contributed by atoms with E-state index in [4.69, 9.17) is 5.11 Å². The number of carboxylic acids is 1. The lowest BCUT2D eigenvalue weighted by molar-refractivity contribution is -0.138. The molecule has 0 aromatic carbocycles. The highest BCUT2D eigenvalue weighted by Gasteiger charge is 2.40. The molecule has 2 rings (SSSR count). The minimum absolute atomic E-state index is 0.177. The van der Waals surface area contributed by atoms with Gasteiger partial charge in [-0.2, -0.15) is 0 Å². The summed E-state index contributed by atoms with van der Waals surface area (Å²) in [6, 6.07) is 0. The van der Waals surface area contributed by atoms with Crippen LogP contribution in [0.25, 0.3) is 0 Å². The standard InChI is InChI=1S/C8H10N2O2S2/c11-6(12)3-8(4-9-5-8)14-7-10-1-2-13-7/h1-2,9H,3-5H2,(H,11,12). The fourth-order valence-corrected chi connectivity index (χ4v) is 3.64. The molecule has 6 heteroatoms. The van der Waals surface area contributed by atoms with Crippen molar-refractivity contribution < 1.29 is 9.90 Å². The second-order valence-corrected chi connectivity index (χ2v) is 5.87. The van der Waals surface area contributed by atoms with E-state index < -0.39 is 5.97 Å². The van der Waals surface area contributed by atoms with Crippen LogP contribution in [0.2, 0.25) is 0 Å². The van der Waals surface area contributed by atoms with E-state index in [0.717, 1.165) is 17.4 Å². The maximum atomic E-state index is 10.7. The molecule has 2 heterocycles. The summed E-state index contributed by atoms with van der Waals surface area (Å²) in [5.41, 5.74) is 0. The molecule has 76 valence electrons. The van der Waals surface area contributed by atoms with Crippen LogP contribution in [0.15, 0.2) is 15.9 Å². The van der Waals surface area contributed by atoms with Crippen LogP contribution in [0.3, 0.4) is 0 Å². The summed E-state index contributed by atoms with van der Waals surface area (Å²) in [5.74, 6) is -0.740. The van der Waals surface area contributed by atoms with Crippen LogP contribution >= 0.6 is 23.1 Å². The molecule has 0 unspecified atom stereocenters. The molecule has 1 fully saturated rings. The number of aromatic nitrogens is 1. The highest BCUT2D eigenvalue weighted by molar-refractivity contribution is 8.02. The summed E-state index contributed by atoms with van der Waals surface area (Å²) in [6.45, 7) is 1.51. The summed E-state index contributed by atoms with van der Waals surface area (Å²) in [4.78, 5) is 14.8. The molecule has 0 spiro atoms. The Hall–Kier alpha value is -0.590. The lowest BCUT2D eigenvalue weighted by atomic mass is 9.98. The molecule has 0 saturated carbocycles. The molecule has 0 bridgehead atoms. The highest BCUT2D eigenvalue weighted by atomic mass is 32.2. The molecule has 0 atom stereocenters. The number of thioether (sulfide) groups is 1. The van der Waals surface area contributed by atoms with Gasteiger partial charge in [0.25, 0.3) is 0 Å². The molecule has 4 nitrogen and oxygen atoms in total. The van der Waals surface area contributed by atoms with E-state index in [9.17, 15) is 4.79 Å². The second-order valence-electron chi connectivity index (χ2n) is 3.26. The molecule has 14 heavy (non-hydrogen) atoms. The van der Waals surface area contributed by atoms with Crippen LogP contribution in [0, 0.1) is 0 Å². The van der Waals surface area contributed by atoms with Gasteiger partial charge in [0.2, 0.25) is 0 Å². The van der Waals surface area contributed by atoms with Crippen molar-refractivity contribution in [2.75, 3.05) is 13.1 Å². The SMILES string of the molecule is O=C(O)CC1(Sc2nccs2)CNC1. The van der Waals surface area contributed by atoms with Crippen LogP contribution < -0.4 is 5.32 Å². The average molecular weight is 230 g/mol. The highest BCUT2D eigenvalue weighted by Crippen LogP contribution is 2.39. The van der Waals surface area contributed by atoms with E-state index in [-0.39, 0.29) is 11.2 Å². The molecular weight excluding hydrogens is 220 g/mol. The Bertz CT molecular complexity index is 322. The van der Waals surface area contributed by atoms with E-state index in [1.54, 1.807) is 29.3 Å². The van der Waals surface area contributed by atoms with Crippen molar-refractivity contribution in [3.8, 4) is 0 Å². The van der Waals surface area contributed by atoms with Gasteiger partial charge < -0.3 is 10.4 Å². The third-order valence-electron chi connectivity index (χ3n) is 2.08. The largest absolute Gasteiger partial charge is 0.481 e. The van der Waals surface area contributed by atoms with E-state index in [1.807, 2.05) is 5.38 Å². The van der Waals surface area contributed by atoms with Crippen LogP contribution in [0.5, 0.6) is 0 Å². The molecule has 1 saturated heterocycles. The quantitative estimate of drug-likeness (QED) is 0.809. The Kier molecular flexibility index (Phi) is 2.76. The molecule has 1 aromatic rings. The maximum Gasteiger partial charge on any atom is 0.304 e. The number of aliphatic carboxylic acids is 1. The number of carboxylic acid groups (broad SMARTS) is 1. The Morgan fingerprint density at radius 3 is 3.00 bits per heavy atom. The van der Waals surface area contributed by atoms with Crippen molar-refractivity contribution in [3.05, 3.63) is 11.6 Å². The molecule has 1 aliphatic heterocycles. The third kappa shape index (κ3) is 2.08. The number of carbonyl (C=O) groups is 1. The van der Waals surface area contributed by atoms with Gasteiger partial charge in [-0.05, 0) is 0 Å². The first kappa shape index (κ1) is 9.95. The number of rotatable bonds is 4. The molecule has 1 aliphatic rings. The Morgan fingerprint density at radius 2 is 2.57 bits per heavy atom.